The first-order valence-electron chi connectivity index (χ1n) is 12.6. The number of fused-ring (bicyclic) bond motifs is 1. The van der Waals surface area contributed by atoms with Crippen molar-refractivity contribution in [1.29, 1.82) is 0 Å². The molecule has 5 atom stereocenters. The van der Waals surface area contributed by atoms with Gasteiger partial charge in [-0.05, 0) is 56.1 Å². The molecule has 2 aromatic carbocycles. The molecule has 0 saturated carbocycles. The highest BCUT2D eigenvalue weighted by Gasteiger charge is 2.63. The van der Waals surface area contributed by atoms with Gasteiger partial charge in [-0.2, -0.15) is 0 Å². The molecular weight excluding hydrogens is 416 g/mol. The summed E-state index contributed by atoms with van der Waals surface area (Å²) in [5, 5.41) is 9.22. The molecule has 0 aliphatic carbocycles. The van der Waals surface area contributed by atoms with Crippen LogP contribution in [0, 0.1) is 0 Å². The normalized spacial score (nSPS) is 34.5. The maximum absolute atomic E-state index is 9.22. The van der Waals surface area contributed by atoms with Gasteiger partial charge in [0.2, 0.25) is 11.6 Å². The van der Waals surface area contributed by atoms with E-state index in [0.29, 0.717) is 6.61 Å². The predicted molar refractivity (Wildman–Crippen MR) is 125 cm³/mol. The number of hydrogen-bond acceptors (Lipinski definition) is 5. The monoisotopic (exact) mass is 452 g/mol. The van der Waals surface area contributed by atoms with Crippen LogP contribution in [0.5, 0.6) is 0 Å². The Bertz CT molecular complexity index is 874. The van der Waals surface area contributed by atoms with Crippen molar-refractivity contribution in [3.05, 3.63) is 71.8 Å². The summed E-state index contributed by atoms with van der Waals surface area (Å²) in [6, 6.07) is 20.9. The molecule has 0 radical (unpaired) electrons. The highest BCUT2D eigenvalue weighted by molar-refractivity contribution is 5.20. The molecule has 3 fully saturated rings. The number of aliphatic hydroxyl groups excluding tert-OH is 1. The standard InChI is InChI=1S/C28H36O5/c29-20-8-7-15-24-21-30-27(18-9-16-25(32-27)22-11-3-1-4-12-22)28(31-24)19-10-17-26(33-28)23-13-5-2-6-14-23/h1-6,11-14,24-26,29H,7-10,15-21H2/t24-,25+,26+,27+,28+/m1/s1. The number of unbranched alkanes of at least 4 members (excludes halogenated alkanes) is 1. The summed E-state index contributed by atoms with van der Waals surface area (Å²) in [6.45, 7) is 0.700. The molecule has 178 valence electrons. The number of ether oxygens (including phenoxy) is 4. The Balaban J connectivity index is 1.44. The van der Waals surface area contributed by atoms with Crippen molar-refractivity contribution in [2.24, 2.45) is 0 Å². The Morgan fingerprint density at radius 1 is 0.727 bits per heavy atom. The zero-order valence-electron chi connectivity index (χ0n) is 19.4. The van der Waals surface area contributed by atoms with Gasteiger partial charge in [-0.25, -0.2) is 0 Å². The SMILES string of the molecule is OCCCC[C@@H]1CO[C@]2(CCC[C@@H](c3ccccc3)O2)[C@@]2(CCC[C@@H](c3ccccc3)O2)O1. The van der Waals surface area contributed by atoms with E-state index in [0.717, 1.165) is 57.8 Å². The third-order valence-corrected chi connectivity index (χ3v) is 7.33. The topological polar surface area (TPSA) is 57.2 Å². The van der Waals surface area contributed by atoms with Gasteiger partial charge in [0.15, 0.2) is 0 Å². The van der Waals surface area contributed by atoms with Gasteiger partial charge in [0, 0.05) is 19.4 Å². The lowest BCUT2D eigenvalue weighted by Gasteiger charge is -2.58. The van der Waals surface area contributed by atoms with Crippen LogP contribution in [-0.4, -0.2) is 36.0 Å². The average molecular weight is 453 g/mol. The van der Waals surface area contributed by atoms with Crippen LogP contribution in [0.2, 0.25) is 0 Å². The molecule has 0 bridgehead atoms. The summed E-state index contributed by atoms with van der Waals surface area (Å²) in [5.41, 5.74) is 2.35. The Morgan fingerprint density at radius 3 is 1.91 bits per heavy atom. The maximum atomic E-state index is 9.22. The Hall–Kier alpha value is -1.76. The fraction of sp³-hybridized carbons (Fsp3) is 0.571. The number of benzene rings is 2. The average Bonchev–Trinajstić information content (AvgIpc) is 2.88. The second-order valence-corrected chi connectivity index (χ2v) is 9.59. The highest BCUT2D eigenvalue weighted by atomic mass is 16.8. The predicted octanol–water partition coefficient (Wildman–Crippen LogP) is 5.84. The largest absolute Gasteiger partial charge is 0.396 e. The van der Waals surface area contributed by atoms with Crippen LogP contribution < -0.4 is 0 Å². The summed E-state index contributed by atoms with van der Waals surface area (Å²) in [4.78, 5) is 0. The van der Waals surface area contributed by atoms with Crippen molar-refractivity contribution in [2.75, 3.05) is 13.2 Å². The summed E-state index contributed by atoms with van der Waals surface area (Å²) in [7, 11) is 0. The fourth-order valence-electron chi connectivity index (χ4n) is 5.65. The molecule has 5 nitrogen and oxygen atoms in total. The van der Waals surface area contributed by atoms with Crippen molar-refractivity contribution in [3.8, 4) is 0 Å². The van der Waals surface area contributed by atoms with Gasteiger partial charge in [-0.15, -0.1) is 0 Å². The fourth-order valence-corrected chi connectivity index (χ4v) is 5.65. The first kappa shape index (κ1) is 23.0. The Labute approximate surface area is 197 Å². The number of rotatable bonds is 6. The van der Waals surface area contributed by atoms with Gasteiger partial charge in [0.1, 0.15) is 0 Å². The molecule has 0 amide bonds. The second kappa shape index (κ2) is 10.2. The molecule has 3 aliphatic heterocycles. The van der Waals surface area contributed by atoms with E-state index in [4.69, 9.17) is 18.9 Å². The minimum Gasteiger partial charge on any atom is -0.396 e. The van der Waals surface area contributed by atoms with E-state index in [-0.39, 0.29) is 24.9 Å². The molecule has 2 aromatic rings. The molecule has 3 aliphatic rings. The lowest BCUT2D eigenvalue weighted by Crippen LogP contribution is -2.68. The lowest BCUT2D eigenvalue weighted by atomic mass is 9.84. The van der Waals surface area contributed by atoms with Gasteiger partial charge >= 0.3 is 0 Å². The molecule has 0 unspecified atom stereocenters. The van der Waals surface area contributed by atoms with Crippen LogP contribution in [0.15, 0.2) is 60.7 Å². The van der Waals surface area contributed by atoms with Crippen LogP contribution in [0.1, 0.15) is 81.1 Å². The second-order valence-electron chi connectivity index (χ2n) is 9.59. The van der Waals surface area contributed by atoms with Crippen molar-refractivity contribution in [2.45, 2.75) is 87.7 Å². The van der Waals surface area contributed by atoms with E-state index in [2.05, 4.69) is 48.5 Å². The van der Waals surface area contributed by atoms with Gasteiger partial charge in [0.05, 0.1) is 24.9 Å². The van der Waals surface area contributed by atoms with Crippen molar-refractivity contribution in [3.63, 3.8) is 0 Å². The molecule has 5 heteroatoms. The van der Waals surface area contributed by atoms with E-state index in [1.54, 1.807) is 0 Å². The van der Waals surface area contributed by atoms with Crippen LogP contribution >= 0.6 is 0 Å². The third kappa shape index (κ3) is 4.75. The Kier molecular flexibility index (Phi) is 7.14. The molecule has 0 aromatic heterocycles. The van der Waals surface area contributed by atoms with E-state index < -0.39 is 11.6 Å². The van der Waals surface area contributed by atoms with Crippen LogP contribution in [0.4, 0.5) is 0 Å². The first-order valence-corrected chi connectivity index (χ1v) is 12.6. The van der Waals surface area contributed by atoms with Gasteiger partial charge in [-0.1, -0.05) is 60.7 Å². The summed E-state index contributed by atoms with van der Waals surface area (Å²) in [5.74, 6) is -1.84. The van der Waals surface area contributed by atoms with Gasteiger partial charge in [-0.3, -0.25) is 0 Å². The summed E-state index contributed by atoms with van der Waals surface area (Å²) in [6.07, 6.45) is 7.83. The highest BCUT2D eigenvalue weighted by Crippen LogP contribution is 2.54. The smallest absolute Gasteiger partial charge is 0.224 e. The summed E-state index contributed by atoms with van der Waals surface area (Å²) >= 11 is 0. The molecule has 1 N–H and O–H groups in total. The lowest BCUT2D eigenvalue weighted by molar-refractivity contribution is -0.483. The minimum absolute atomic E-state index is 0.0351. The molecule has 5 rings (SSSR count). The van der Waals surface area contributed by atoms with Crippen molar-refractivity contribution < 1.29 is 24.1 Å². The summed E-state index contributed by atoms with van der Waals surface area (Å²) < 4.78 is 27.2. The molecule has 3 heterocycles. The van der Waals surface area contributed by atoms with Crippen LogP contribution in [0.3, 0.4) is 0 Å². The van der Waals surface area contributed by atoms with Crippen LogP contribution in [-0.2, 0) is 18.9 Å². The van der Waals surface area contributed by atoms with E-state index in [9.17, 15) is 5.11 Å². The van der Waals surface area contributed by atoms with E-state index in [1.807, 2.05) is 12.1 Å². The Morgan fingerprint density at radius 2 is 1.30 bits per heavy atom. The quantitative estimate of drug-likeness (QED) is 0.558. The van der Waals surface area contributed by atoms with E-state index in [1.165, 1.54) is 11.1 Å². The molecule has 2 spiro atoms. The van der Waals surface area contributed by atoms with Crippen molar-refractivity contribution in [1.82, 2.24) is 0 Å². The van der Waals surface area contributed by atoms with E-state index >= 15 is 0 Å². The first-order chi connectivity index (χ1) is 16.2. The van der Waals surface area contributed by atoms with Gasteiger partial charge < -0.3 is 24.1 Å². The van der Waals surface area contributed by atoms with Gasteiger partial charge in [0.25, 0.3) is 0 Å². The maximum Gasteiger partial charge on any atom is 0.224 e. The zero-order chi connectivity index (χ0) is 22.6. The minimum atomic E-state index is -0.929. The van der Waals surface area contributed by atoms with Crippen LogP contribution in [0.25, 0.3) is 0 Å². The zero-order valence-corrected chi connectivity index (χ0v) is 19.4. The number of aliphatic hydroxyl groups is 1. The molecule has 3 saturated heterocycles. The third-order valence-electron chi connectivity index (χ3n) is 7.33. The van der Waals surface area contributed by atoms with Crippen molar-refractivity contribution >= 4 is 0 Å². The molecule has 33 heavy (non-hydrogen) atoms. The molecular formula is C28H36O5. The number of hydrogen-bond donors (Lipinski definition) is 1.